The zero-order chi connectivity index (χ0) is 21.8. The van der Waals surface area contributed by atoms with Gasteiger partial charge in [0.2, 0.25) is 0 Å². The quantitative estimate of drug-likeness (QED) is 0.348. The summed E-state index contributed by atoms with van der Waals surface area (Å²) < 4.78 is 24.5. The van der Waals surface area contributed by atoms with Crippen molar-refractivity contribution in [2.24, 2.45) is 5.92 Å². The number of rotatable bonds is 8. The van der Waals surface area contributed by atoms with Crippen molar-refractivity contribution >= 4 is 23.3 Å². The third kappa shape index (κ3) is 5.74. The minimum atomic E-state index is -2.58. The fourth-order valence-corrected chi connectivity index (χ4v) is 5.53. The first kappa shape index (κ1) is 22.9. The fourth-order valence-electron chi connectivity index (χ4n) is 5.21. The van der Waals surface area contributed by atoms with Crippen LogP contribution in [0.1, 0.15) is 44.9 Å². The van der Waals surface area contributed by atoms with Crippen LogP contribution in [0.4, 0.5) is 4.79 Å². The molecule has 2 bridgehead atoms. The first-order valence-electron chi connectivity index (χ1n) is 11.3. The molecule has 0 spiro atoms. The maximum absolute atomic E-state index is 12.6. The molecule has 0 radical (unpaired) electrons. The summed E-state index contributed by atoms with van der Waals surface area (Å²) in [5.74, 6) is 0.223. The number of carbonyl (C=O) groups is 2. The van der Waals surface area contributed by atoms with Crippen molar-refractivity contribution in [2.45, 2.75) is 63.1 Å². The molecule has 4 aliphatic rings. The van der Waals surface area contributed by atoms with Crippen molar-refractivity contribution < 1.29 is 27.5 Å². The highest BCUT2D eigenvalue weighted by Gasteiger charge is 2.48. The van der Waals surface area contributed by atoms with E-state index in [-0.39, 0.29) is 24.5 Å². The number of nitrogens with zero attached hydrogens (tertiary/aromatic N) is 3. The first-order valence-corrected chi connectivity index (χ1v) is 12.3. The molecule has 4 heterocycles. The fraction of sp³-hybridized carbons (Fsp3) is 0.895. The minimum absolute atomic E-state index is 0.199. The van der Waals surface area contributed by atoms with Crippen molar-refractivity contribution in [2.75, 3.05) is 39.3 Å². The molecule has 4 rings (SSSR count). The lowest BCUT2D eigenvalue weighted by Gasteiger charge is -2.29. The van der Waals surface area contributed by atoms with Crippen molar-refractivity contribution in [3.8, 4) is 0 Å². The predicted molar refractivity (Wildman–Crippen MR) is 112 cm³/mol. The summed E-state index contributed by atoms with van der Waals surface area (Å²) in [6.07, 6.45) is 7.25. The number of likely N-dealkylation sites (tertiary alicyclic amines) is 1. The average Bonchev–Trinajstić information content (AvgIpc) is 3.15. The molecule has 3 amide bonds. The lowest BCUT2D eigenvalue weighted by atomic mass is 10.0. The van der Waals surface area contributed by atoms with Crippen LogP contribution in [0.15, 0.2) is 0 Å². The second-order valence-corrected chi connectivity index (χ2v) is 9.58. The van der Waals surface area contributed by atoms with E-state index in [9.17, 15) is 13.8 Å². The van der Waals surface area contributed by atoms with Crippen LogP contribution in [-0.4, -0.2) is 93.0 Å². The maximum atomic E-state index is 12.6. The van der Waals surface area contributed by atoms with Gasteiger partial charge in [-0.1, -0.05) is 12.8 Å². The number of hydroxylamine groups is 3. The van der Waals surface area contributed by atoms with Crippen molar-refractivity contribution in [3.63, 3.8) is 0 Å². The molecule has 12 heteroatoms. The van der Waals surface area contributed by atoms with Crippen LogP contribution in [-0.2, 0) is 25.3 Å². The topological polar surface area (TPSA) is 124 Å². The highest BCUT2D eigenvalue weighted by molar-refractivity contribution is 7.74. The maximum Gasteiger partial charge on any atom is 0.346 e. The molecule has 176 valence electrons. The Hall–Kier alpha value is -1.31. The molecule has 11 nitrogen and oxygen atoms in total. The van der Waals surface area contributed by atoms with Gasteiger partial charge in [0, 0.05) is 19.1 Å². The summed E-state index contributed by atoms with van der Waals surface area (Å²) >= 11 is -2.58. The summed E-state index contributed by atoms with van der Waals surface area (Å²) in [5.41, 5.74) is 2.49. The highest BCUT2D eigenvalue weighted by Crippen LogP contribution is 2.30. The first-order chi connectivity index (χ1) is 15.0. The molecule has 3 unspecified atom stereocenters. The van der Waals surface area contributed by atoms with Gasteiger partial charge in [-0.15, -0.1) is 4.28 Å². The van der Waals surface area contributed by atoms with Crippen LogP contribution < -0.4 is 10.8 Å². The highest BCUT2D eigenvalue weighted by atomic mass is 32.2. The SMILES string of the molecule is O=C(NOC[C@@H]1C[C@@H](CN2CCCCCC2)CN1)C1CCC2CN1C(=O)N2OS(=O)O. The molecule has 0 aromatic carbocycles. The number of amides is 3. The third-order valence-electron chi connectivity index (χ3n) is 6.75. The van der Waals surface area contributed by atoms with Gasteiger partial charge < -0.3 is 15.1 Å². The van der Waals surface area contributed by atoms with E-state index in [4.69, 9.17) is 9.39 Å². The van der Waals surface area contributed by atoms with E-state index in [2.05, 4.69) is 20.0 Å². The van der Waals surface area contributed by atoms with E-state index in [1.54, 1.807) is 0 Å². The Bertz CT molecular complexity index is 676. The summed E-state index contributed by atoms with van der Waals surface area (Å²) in [6, 6.07) is -1.36. The predicted octanol–water partition coefficient (Wildman–Crippen LogP) is 0.225. The van der Waals surface area contributed by atoms with Gasteiger partial charge in [-0.25, -0.2) is 10.3 Å². The number of urea groups is 1. The lowest BCUT2D eigenvalue weighted by molar-refractivity contribution is -0.139. The monoisotopic (exact) mass is 459 g/mol. The van der Waals surface area contributed by atoms with E-state index in [0.29, 0.717) is 25.4 Å². The Morgan fingerprint density at radius 1 is 1.23 bits per heavy atom. The van der Waals surface area contributed by atoms with Crippen LogP contribution in [0.3, 0.4) is 0 Å². The van der Waals surface area contributed by atoms with Gasteiger partial charge in [-0.3, -0.25) is 14.2 Å². The number of carbonyl (C=O) groups excluding carboxylic acids is 2. The molecule has 4 fully saturated rings. The molecule has 4 aliphatic heterocycles. The Labute approximate surface area is 185 Å². The number of piperidine rings is 1. The Balaban J connectivity index is 1.17. The molecule has 5 atom stereocenters. The zero-order valence-electron chi connectivity index (χ0n) is 17.7. The van der Waals surface area contributed by atoms with E-state index < -0.39 is 23.4 Å². The number of hydrogen-bond acceptors (Lipinski definition) is 7. The molecule has 31 heavy (non-hydrogen) atoms. The summed E-state index contributed by atoms with van der Waals surface area (Å²) in [4.78, 5) is 34.4. The smallest absolute Gasteiger partial charge is 0.311 e. The summed E-state index contributed by atoms with van der Waals surface area (Å²) in [6.45, 7) is 5.14. The standard InChI is InChI=1S/C19H33N5O6S/c25-18(17-6-5-16-12-23(17)19(26)24(16)30-31(27)28)21-29-13-15-9-14(10-20-15)11-22-7-3-1-2-4-8-22/h14-17,20H,1-13H2,(H,21,25)(H,27,28)/t14-,15+,16?,17?/m1/s1. The van der Waals surface area contributed by atoms with E-state index in [1.807, 2.05) is 0 Å². The lowest BCUT2D eigenvalue weighted by Crippen LogP contribution is -2.50. The van der Waals surface area contributed by atoms with Crippen molar-refractivity contribution in [1.29, 1.82) is 0 Å². The number of hydrogen-bond donors (Lipinski definition) is 3. The van der Waals surface area contributed by atoms with Gasteiger partial charge in [0.05, 0.1) is 12.6 Å². The molecule has 0 aliphatic carbocycles. The molecule has 0 saturated carbocycles. The second kappa shape index (κ2) is 10.5. The third-order valence-corrected chi connectivity index (χ3v) is 7.04. The molecular formula is C19H33N5O6S. The summed E-state index contributed by atoms with van der Waals surface area (Å²) in [7, 11) is 0. The van der Waals surface area contributed by atoms with E-state index in [1.165, 1.54) is 43.7 Å². The van der Waals surface area contributed by atoms with E-state index >= 15 is 0 Å². The largest absolute Gasteiger partial charge is 0.346 e. The van der Waals surface area contributed by atoms with Gasteiger partial charge in [0.15, 0.2) is 0 Å². The molecule has 3 N–H and O–H groups in total. The normalized spacial score (nSPS) is 32.9. The molecular weight excluding hydrogens is 426 g/mol. The minimum Gasteiger partial charge on any atom is -0.311 e. The van der Waals surface area contributed by atoms with Crippen LogP contribution in [0.2, 0.25) is 0 Å². The molecule has 0 aromatic rings. The zero-order valence-corrected chi connectivity index (χ0v) is 18.6. The van der Waals surface area contributed by atoms with Crippen LogP contribution in [0.5, 0.6) is 0 Å². The van der Waals surface area contributed by atoms with Gasteiger partial charge in [0.1, 0.15) is 6.04 Å². The van der Waals surface area contributed by atoms with E-state index in [0.717, 1.165) is 24.6 Å². The van der Waals surface area contributed by atoms with Gasteiger partial charge >= 0.3 is 17.4 Å². The molecule has 4 saturated heterocycles. The Morgan fingerprint density at radius 3 is 2.74 bits per heavy atom. The van der Waals surface area contributed by atoms with Gasteiger partial charge in [-0.2, -0.15) is 9.27 Å². The molecule has 0 aromatic heterocycles. The van der Waals surface area contributed by atoms with Crippen molar-refractivity contribution in [3.05, 3.63) is 0 Å². The van der Waals surface area contributed by atoms with Crippen LogP contribution >= 0.6 is 0 Å². The second-order valence-electron chi connectivity index (χ2n) is 9.00. The van der Waals surface area contributed by atoms with Crippen LogP contribution in [0, 0.1) is 5.92 Å². The average molecular weight is 460 g/mol. The van der Waals surface area contributed by atoms with Gasteiger partial charge in [0.25, 0.3) is 5.91 Å². The van der Waals surface area contributed by atoms with Gasteiger partial charge in [-0.05, 0) is 57.7 Å². The number of fused-ring (bicyclic) bond motifs is 2. The Morgan fingerprint density at radius 2 is 2.00 bits per heavy atom. The Kier molecular flexibility index (Phi) is 7.77. The van der Waals surface area contributed by atoms with Crippen molar-refractivity contribution in [1.82, 2.24) is 25.7 Å². The van der Waals surface area contributed by atoms with Crippen LogP contribution in [0.25, 0.3) is 0 Å². The summed E-state index contributed by atoms with van der Waals surface area (Å²) in [5, 5.41) is 4.38. The number of nitrogens with one attached hydrogen (secondary N) is 2.